The number of hydrogen-bond acceptors (Lipinski definition) is 5. The lowest BCUT2D eigenvalue weighted by Crippen LogP contribution is -2.17. The number of nitriles is 1. The lowest BCUT2D eigenvalue weighted by Gasteiger charge is -2.08. The van der Waals surface area contributed by atoms with Crippen LogP contribution in [0.5, 0.6) is 0 Å². The molecule has 0 saturated heterocycles. The molecule has 5 nitrogen and oxygen atoms in total. The minimum absolute atomic E-state index is 0.313. The highest BCUT2D eigenvalue weighted by atomic mass is 16.5. The van der Waals surface area contributed by atoms with Gasteiger partial charge in [0.1, 0.15) is 17.1 Å². The zero-order valence-electron chi connectivity index (χ0n) is 9.61. The molecule has 0 radical (unpaired) electrons. The van der Waals surface area contributed by atoms with Crippen LogP contribution in [-0.2, 0) is 11.3 Å². The van der Waals surface area contributed by atoms with Gasteiger partial charge in [0.25, 0.3) is 0 Å². The fourth-order valence-electron chi connectivity index (χ4n) is 1.38. The minimum atomic E-state index is -0.407. The van der Waals surface area contributed by atoms with Crippen LogP contribution >= 0.6 is 0 Å². The van der Waals surface area contributed by atoms with Crippen LogP contribution in [0.25, 0.3) is 0 Å². The number of ether oxygens (including phenoxy) is 1. The maximum Gasteiger partial charge on any atom is 0.341 e. The summed E-state index contributed by atoms with van der Waals surface area (Å²) >= 11 is 0. The first-order valence-corrected chi connectivity index (χ1v) is 4.81. The van der Waals surface area contributed by atoms with Crippen molar-refractivity contribution >= 4 is 5.97 Å². The number of esters is 1. The van der Waals surface area contributed by atoms with Crippen LogP contribution in [0.3, 0.4) is 0 Å². The van der Waals surface area contributed by atoms with E-state index in [4.69, 9.17) is 9.68 Å². The molecule has 5 heteroatoms. The molecule has 0 fully saturated rings. The Morgan fingerprint density at radius 1 is 1.69 bits per heavy atom. The van der Waals surface area contributed by atoms with Gasteiger partial charge in [0, 0.05) is 0 Å². The molecule has 0 bridgehead atoms. The number of carbonyl (C=O) groups excluding carboxylic acids is 1. The largest absolute Gasteiger partial charge is 0.465 e. The highest BCUT2D eigenvalue weighted by Gasteiger charge is 2.15. The normalized spacial score (nSPS) is 10.2. The Morgan fingerprint density at radius 2 is 2.38 bits per heavy atom. The monoisotopic (exact) mass is 222 g/mol. The summed E-state index contributed by atoms with van der Waals surface area (Å²) in [6.07, 6.45) is 0. The molecule has 1 heterocycles. The molecular weight excluding hydrogens is 208 g/mol. The summed E-state index contributed by atoms with van der Waals surface area (Å²) in [5.74, 6) is 0.776. The van der Waals surface area contributed by atoms with Gasteiger partial charge in [0.15, 0.2) is 0 Å². The Hall–Kier alpha value is -1.80. The van der Waals surface area contributed by atoms with Crippen LogP contribution in [0.15, 0.2) is 10.5 Å². The average Bonchev–Trinajstić information content (AvgIpc) is 2.58. The second-order valence-corrected chi connectivity index (χ2v) is 3.50. The molecule has 1 rings (SSSR count). The third kappa shape index (κ3) is 2.84. The molecule has 0 aromatic carbocycles. The van der Waals surface area contributed by atoms with Crippen LogP contribution in [0, 0.1) is 18.3 Å². The van der Waals surface area contributed by atoms with Gasteiger partial charge in [-0.1, -0.05) is 0 Å². The van der Waals surface area contributed by atoms with Gasteiger partial charge in [-0.25, -0.2) is 4.79 Å². The summed E-state index contributed by atoms with van der Waals surface area (Å²) in [7, 11) is 3.13. The molecule has 0 unspecified atom stereocenters. The van der Waals surface area contributed by atoms with Gasteiger partial charge in [-0.3, -0.25) is 4.90 Å². The molecular formula is C11H14N2O3. The molecule has 86 valence electrons. The van der Waals surface area contributed by atoms with Crippen LogP contribution in [-0.4, -0.2) is 31.6 Å². The van der Waals surface area contributed by atoms with Crippen molar-refractivity contribution in [2.24, 2.45) is 0 Å². The first-order valence-electron chi connectivity index (χ1n) is 4.81. The van der Waals surface area contributed by atoms with Crippen molar-refractivity contribution in [2.45, 2.75) is 13.5 Å². The van der Waals surface area contributed by atoms with Crippen molar-refractivity contribution < 1.29 is 13.9 Å². The van der Waals surface area contributed by atoms with E-state index in [1.54, 1.807) is 24.9 Å². The standard InChI is InChI=1S/C11H14N2O3/c1-8-10(11(14)15-3)6-9(16-8)7-13(2)5-4-12/h6H,5,7H2,1-3H3. The molecule has 0 aliphatic rings. The van der Waals surface area contributed by atoms with Crippen LogP contribution in [0.1, 0.15) is 21.9 Å². The van der Waals surface area contributed by atoms with Crippen molar-refractivity contribution in [1.29, 1.82) is 5.26 Å². The molecule has 0 spiro atoms. The van der Waals surface area contributed by atoms with E-state index < -0.39 is 5.97 Å². The molecule has 16 heavy (non-hydrogen) atoms. The fourth-order valence-corrected chi connectivity index (χ4v) is 1.38. The van der Waals surface area contributed by atoms with Crippen LogP contribution in [0.4, 0.5) is 0 Å². The van der Waals surface area contributed by atoms with E-state index in [9.17, 15) is 4.79 Å². The Kier molecular flexibility index (Phi) is 4.09. The zero-order valence-corrected chi connectivity index (χ0v) is 9.61. The van der Waals surface area contributed by atoms with E-state index >= 15 is 0 Å². The maximum absolute atomic E-state index is 11.3. The Labute approximate surface area is 94.2 Å². The van der Waals surface area contributed by atoms with E-state index in [-0.39, 0.29) is 0 Å². The Morgan fingerprint density at radius 3 is 2.94 bits per heavy atom. The van der Waals surface area contributed by atoms with E-state index in [0.29, 0.717) is 30.2 Å². The smallest absolute Gasteiger partial charge is 0.341 e. The second kappa shape index (κ2) is 5.33. The Bertz CT molecular complexity index is 417. The third-order valence-electron chi connectivity index (χ3n) is 2.14. The highest BCUT2D eigenvalue weighted by Crippen LogP contribution is 2.16. The highest BCUT2D eigenvalue weighted by molar-refractivity contribution is 5.90. The van der Waals surface area contributed by atoms with Gasteiger partial charge in [-0.15, -0.1) is 0 Å². The molecule has 0 amide bonds. The zero-order chi connectivity index (χ0) is 12.1. The summed E-state index contributed by atoms with van der Waals surface area (Å²) < 4.78 is 10.0. The summed E-state index contributed by atoms with van der Waals surface area (Å²) in [6.45, 7) is 2.51. The van der Waals surface area contributed by atoms with Gasteiger partial charge in [-0.05, 0) is 20.0 Å². The number of aryl methyl sites for hydroxylation is 1. The first kappa shape index (κ1) is 12.3. The van der Waals surface area contributed by atoms with Crippen LogP contribution < -0.4 is 0 Å². The van der Waals surface area contributed by atoms with Crippen LogP contribution in [0.2, 0.25) is 0 Å². The van der Waals surface area contributed by atoms with Gasteiger partial charge in [-0.2, -0.15) is 5.26 Å². The molecule has 0 aliphatic heterocycles. The number of carbonyl (C=O) groups is 1. The first-order chi connectivity index (χ1) is 7.58. The number of furan rings is 1. The van der Waals surface area contributed by atoms with E-state index in [1.165, 1.54) is 7.11 Å². The summed E-state index contributed by atoms with van der Waals surface area (Å²) in [5.41, 5.74) is 0.433. The molecule has 0 aliphatic carbocycles. The van der Waals surface area contributed by atoms with Gasteiger partial charge >= 0.3 is 5.97 Å². The van der Waals surface area contributed by atoms with E-state index in [1.807, 2.05) is 6.07 Å². The lowest BCUT2D eigenvalue weighted by atomic mass is 10.2. The summed E-state index contributed by atoms with van der Waals surface area (Å²) in [5, 5.41) is 8.50. The van der Waals surface area contributed by atoms with Crippen molar-refractivity contribution in [3.05, 3.63) is 23.2 Å². The quantitative estimate of drug-likeness (QED) is 0.568. The number of hydrogen-bond donors (Lipinski definition) is 0. The summed E-state index contributed by atoms with van der Waals surface area (Å²) in [6, 6.07) is 3.68. The molecule has 1 aromatic heterocycles. The predicted molar refractivity (Wildman–Crippen MR) is 56.7 cm³/mol. The third-order valence-corrected chi connectivity index (χ3v) is 2.14. The van der Waals surface area contributed by atoms with Crippen molar-refractivity contribution in [3.8, 4) is 6.07 Å². The number of methoxy groups -OCH3 is 1. The van der Waals surface area contributed by atoms with Gasteiger partial charge in [0.2, 0.25) is 0 Å². The Balaban J connectivity index is 2.77. The molecule has 0 saturated carbocycles. The fraction of sp³-hybridized carbons (Fsp3) is 0.455. The topological polar surface area (TPSA) is 66.5 Å². The lowest BCUT2D eigenvalue weighted by molar-refractivity contribution is 0.0599. The molecule has 0 N–H and O–H groups in total. The number of rotatable bonds is 4. The van der Waals surface area contributed by atoms with Crippen molar-refractivity contribution in [3.63, 3.8) is 0 Å². The predicted octanol–water partition coefficient (Wildman–Crippen LogP) is 1.33. The SMILES string of the molecule is COC(=O)c1cc(CN(C)CC#N)oc1C. The summed E-state index contributed by atoms with van der Waals surface area (Å²) in [4.78, 5) is 13.1. The van der Waals surface area contributed by atoms with Crippen molar-refractivity contribution in [1.82, 2.24) is 4.90 Å². The van der Waals surface area contributed by atoms with Crippen molar-refractivity contribution in [2.75, 3.05) is 20.7 Å². The van der Waals surface area contributed by atoms with E-state index in [2.05, 4.69) is 4.74 Å². The van der Waals surface area contributed by atoms with Gasteiger partial charge in [0.05, 0.1) is 26.3 Å². The molecule has 0 atom stereocenters. The maximum atomic E-state index is 11.3. The van der Waals surface area contributed by atoms with Gasteiger partial charge < -0.3 is 9.15 Å². The number of nitrogens with zero attached hydrogens (tertiary/aromatic N) is 2. The van der Waals surface area contributed by atoms with E-state index in [0.717, 1.165) is 0 Å². The molecule has 1 aromatic rings. The average molecular weight is 222 g/mol. The second-order valence-electron chi connectivity index (χ2n) is 3.50. The minimum Gasteiger partial charge on any atom is -0.465 e.